The Morgan fingerprint density at radius 3 is 2.79 bits per heavy atom. The second-order valence-electron chi connectivity index (χ2n) is 3.03. The van der Waals surface area contributed by atoms with E-state index in [0.29, 0.717) is 11.8 Å². The Morgan fingerprint density at radius 1 is 1.50 bits per heavy atom. The molecule has 0 heterocycles. The fourth-order valence-corrected chi connectivity index (χ4v) is 1.59. The number of alkyl halides is 1. The van der Waals surface area contributed by atoms with Gasteiger partial charge >= 0.3 is 0 Å². The van der Waals surface area contributed by atoms with E-state index in [-0.39, 0.29) is 11.3 Å². The maximum Gasteiger partial charge on any atom is 0.166 e. The summed E-state index contributed by atoms with van der Waals surface area (Å²) >= 11 is 3.16. The summed E-state index contributed by atoms with van der Waals surface area (Å²) in [4.78, 5) is 11.5. The van der Waals surface area contributed by atoms with E-state index >= 15 is 0 Å². The zero-order chi connectivity index (χ0) is 10.6. The minimum atomic E-state index is -0.423. The van der Waals surface area contributed by atoms with Gasteiger partial charge in [-0.3, -0.25) is 4.79 Å². The number of hydrogen-bond acceptors (Lipinski definition) is 1. The lowest BCUT2D eigenvalue weighted by atomic mass is 10.0. The monoisotopic (exact) mass is 258 g/mol. The van der Waals surface area contributed by atoms with Crippen molar-refractivity contribution >= 4 is 21.7 Å². The molecule has 1 aromatic carbocycles. The number of rotatable bonds is 4. The highest BCUT2D eigenvalue weighted by Crippen LogP contribution is 2.13. The summed E-state index contributed by atoms with van der Waals surface area (Å²) in [5.74, 6) is -0.567. The van der Waals surface area contributed by atoms with Crippen LogP contribution in [0.4, 0.5) is 4.39 Å². The zero-order valence-corrected chi connectivity index (χ0v) is 9.60. The normalized spacial score (nSPS) is 10.2. The van der Waals surface area contributed by atoms with Gasteiger partial charge in [0.05, 0.1) is 5.56 Å². The molecule has 1 rings (SSSR count). The third-order valence-electron chi connectivity index (χ3n) is 2.06. The molecular weight excluding hydrogens is 247 g/mol. The second-order valence-corrected chi connectivity index (χ2v) is 3.82. The first kappa shape index (κ1) is 11.4. The molecule has 0 aromatic heterocycles. The molecule has 0 aliphatic carbocycles. The third-order valence-corrected chi connectivity index (χ3v) is 2.46. The highest BCUT2D eigenvalue weighted by molar-refractivity contribution is 9.09. The first-order valence-electron chi connectivity index (χ1n) is 4.56. The largest absolute Gasteiger partial charge is 0.294 e. The highest BCUT2D eigenvalue weighted by Gasteiger charge is 2.10. The third kappa shape index (κ3) is 2.64. The van der Waals surface area contributed by atoms with Gasteiger partial charge in [0.1, 0.15) is 5.82 Å². The summed E-state index contributed by atoms with van der Waals surface area (Å²) in [5, 5.41) is 0.571. The Morgan fingerprint density at radius 2 is 2.21 bits per heavy atom. The van der Waals surface area contributed by atoms with Crippen LogP contribution >= 0.6 is 15.9 Å². The van der Waals surface area contributed by atoms with Crippen molar-refractivity contribution in [1.82, 2.24) is 0 Å². The molecule has 0 fully saturated rings. The van der Waals surface area contributed by atoms with E-state index in [1.165, 1.54) is 6.07 Å². The molecule has 0 saturated heterocycles. The van der Waals surface area contributed by atoms with Crippen molar-refractivity contribution in [2.45, 2.75) is 19.8 Å². The Labute approximate surface area is 91.5 Å². The first-order chi connectivity index (χ1) is 6.69. The van der Waals surface area contributed by atoms with Crippen LogP contribution in [-0.4, -0.2) is 11.1 Å². The lowest BCUT2D eigenvalue weighted by molar-refractivity contribution is 0.0986. The van der Waals surface area contributed by atoms with Crippen molar-refractivity contribution in [1.29, 1.82) is 0 Å². The van der Waals surface area contributed by atoms with Crippen LogP contribution in [0.5, 0.6) is 0 Å². The number of ketones is 1. The number of carbonyl (C=O) groups is 1. The van der Waals surface area contributed by atoms with Crippen LogP contribution in [0.15, 0.2) is 18.2 Å². The molecule has 0 aliphatic heterocycles. The van der Waals surface area contributed by atoms with Gasteiger partial charge in [-0.1, -0.05) is 28.9 Å². The minimum Gasteiger partial charge on any atom is -0.294 e. The quantitative estimate of drug-likeness (QED) is 0.598. The summed E-state index contributed by atoms with van der Waals surface area (Å²) in [7, 11) is 0. The molecule has 3 heteroatoms. The van der Waals surface area contributed by atoms with Gasteiger partial charge in [0.2, 0.25) is 0 Å². The number of halogens is 2. The van der Waals surface area contributed by atoms with Crippen molar-refractivity contribution in [3.8, 4) is 0 Å². The molecule has 1 aromatic rings. The fraction of sp³-hybridized carbons (Fsp3) is 0.364. The van der Waals surface area contributed by atoms with E-state index in [0.717, 1.165) is 12.0 Å². The van der Waals surface area contributed by atoms with Crippen molar-refractivity contribution in [2.75, 3.05) is 5.33 Å². The van der Waals surface area contributed by atoms with Crippen molar-refractivity contribution in [2.24, 2.45) is 0 Å². The molecule has 0 aliphatic rings. The molecule has 0 N–H and O–H groups in total. The summed E-state index contributed by atoms with van der Waals surface area (Å²) < 4.78 is 13.2. The Bertz CT molecular complexity index is 336. The number of carbonyl (C=O) groups excluding carboxylic acids is 1. The summed E-state index contributed by atoms with van der Waals surface area (Å²) in [5.41, 5.74) is 1.20. The van der Waals surface area contributed by atoms with Gasteiger partial charge in [0.15, 0.2) is 5.78 Å². The fourth-order valence-electron chi connectivity index (χ4n) is 1.23. The van der Waals surface area contributed by atoms with Crippen LogP contribution in [-0.2, 0) is 6.42 Å². The van der Waals surface area contributed by atoms with Gasteiger partial charge in [-0.05, 0) is 24.1 Å². The molecule has 76 valence electrons. The molecule has 0 spiro atoms. The van der Waals surface area contributed by atoms with Crippen LogP contribution in [0, 0.1) is 5.82 Å². The van der Waals surface area contributed by atoms with Gasteiger partial charge < -0.3 is 0 Å². The van der Waals surface area contributed by atoms with Crippen molar-refractivity contribution < 1.29 is 9.18 Å². The smallest absolute Gasteiger partial charge is 0.166 e. The van der Waals surface area contributed by atoms with Gasteiger partial charge in [0, 0.05) is 11.8 Å². The SMILES string of the molecule is CCc1ccc(F)c(C(=O)CCBr)c1. The van der Waals surface area contributed by atoms with Gasteiger partial charge in [-0.25, -0.2) is 4.39 Å². The molecule has 0 unspecified atom stereocenters. The maximum atomic E-state index is 13.2. The molecule has 0 radical (unpaired) electrons. The van der Waals surface area contributed by atoms with Gasteiger partial charge in [-0.2, -0.15) is 0 Å². The molecule has 0 bridgehead atoms. The zero-order valence-electron chi connectivity index (χ0n) is 8.02. The number of aryl methyl sites for hydroxylation is 1. The van der Waals surface area contributed by atoms with Gasteiger partial charge in [0.25, 0.3) is 0 Å². The molecular formula is C11H12BrFO. The summed E-state index contributed by atoms with van der Waals surface area (Å²) in [6.45, 7) is 1.98. The Kier molecular flexibility index (Phi) is 4.26. The van der Waals surface area contributed by atoms with E-state index in [9.17, 15) is 9.18 Å². The van der Waals surface area contributed by atoms with Crippen LogP contribution in [0.25, 0.3) is 0 Å². The highest BCUT2D eigenvalue weighted by atomic mass is 79.9. The van der Waals surface area contributed by atoms with Crippen LogP contribution in [0.1, 0.15) is 29.3 Å². The summed E-state index contributed by atoms with van der Waals surface area (Å²) in [6, 6.07) is 4.71. The van der Waals surface area contributed by atoms with Crippen LogP contribution in [0.3, 0.4) is 0 Å². The Balaban J connectivity index is 2.99. The van der Waals surface area contributed by atoms with Crippen molar-refractivity contribution in [3.05, 3.63) is 35.1 Å². The predicted octanol–water partition coefficient (Wildman–Crippen LogP) is 3.36. The van der Waals surface area contributed by atoms with E-state index in [1.807, 2.05) is 6.92 Å². The molecule has 0 atom stereocenters. The average molecular weight is 259 g/mol. The second kappa shape index (κ2) is 5.25. The lowest BCUT2D eigenvalue weighted by Crippen LogP contribution is -2.03. The van der Waals surface area contributed by atoms with E-state index in [2.05, 4.69) is 15.9 Å². The predicted molar refractivity (Wildman–Crippen MR) is 58.5 cm³/mol. The number of benzene rings is 1. The molecule has 0 amide bonds. The lowest BCUT2D eigenvalue weighted by Gasteiger charge is -2.03. The van der Waals surface area contributed by atoms with E-state index < -0.39 is 5.82 Å². The van der Waals surface area contributed by atoms with Crippen LogP contribution < -0.4 is 0 Å². The average Bonchev–Trinajstić information content (AvgIpc) is 2.19. The van der Waals surface area contributed by atoms with E-state index in [4.69, 9.17) is 0 Å². The molecule has 1 nitrogen and oxygen atoms in total. The first-order valence-corrected chi connectivity index (χ1v) is 5.68. The standard InChI is InChI=1S/C11H12BrFO/c1-2-8-3-4-10(13)9(7-8)11(14)5-6-12/h3-4,7H,2,5-6H2,1H3. The topological polar surface area (TPSA) is 17.1 Å². The van der Waals surface area contributed by atoms with Crippen molar-refractivity contribution in [3.63, 3.8) is 0 Å². The summed E-state index contributed by atoms with van der Waals surface area (Å²) in [6.07, 6.45) is 1.15. The molecule has 14 heavy (non-hydrogen) atoms. The van der Waals surface area contributed by atoms with E-state index in [1.54, 1.807) is 12.1 Å². The van der Waals surface area contributed by atoms with Crippen LogP contribution in [0.2, 0.25) is 0 Å². The Hall–Kier alpha value is -0.700. The maximum absolute atomic E-state index is 13.2. The minimum absolute atomic E-state index is 0.144. The number of Topliss-reactive ketones (excluding diaryl/α,β-unsaturated/α-hetero) is 1. The number of hydrogen-bond donors (Lipinski definition) is 0. The molecule has 0 saturated carbocycles. The van der Waals surface area contributed by atoms with Gasteiger partial charge in [-0.15, -0.1) is 0 Å².